The zero-order valence-electron chi connectivity index (χ0n) is 5.74. The summed E-state index contributed by atoms with van der Waals surface area (Å²) in [6.07, 6.45) is 5.54. The van der Waals surface area contributed by atoms with Gasteiger partial charge in [-0.3, -0.25) is 4.79 Å². The zero-order chi connectivity index (χ0) is 8.10. The number of hydrogen-bond acceptors (Lipinski definition) is 3. The van der Waals surface area contributed by atoms with Crippen LogP contribution in [0.4, 0.5) is 0 Å². The first kappa shape index (κ1) is 7.51. The normalized spacial score (nSPS) is 15.3. The third-order valence-corrected chi connectivity index (χ3v) is 1.30. The van der Waals surface area contributed by atoms with Gasteiger partial charge in [0.15, 0.2) is 0 Å². The summed E-state index contributed by atoms with van der Waals surface area (Å²) in [6, 6.07) is 0. The van der Waals surface area contributed by atoms with Crippen molar-refractivity contribution in [3.63, 3.8) is 0 Å². The van der Waals surface area contributed by atoms with Crippen LogP contribution in [0.2, 0.25) is 0 Å². The number of hydrogen-bond donors (Lipinski definition) is 0. The standard InChI is InChI=1S/C8H6O3/c9-5-7-3-1-2-4-8(7)11-6-10/h1-2,4,6H,3H2. The van der Waals surface area contributed by atoms with E-state index < -0.39 is 0 Å². The van der Waals surface area contributed by atoms with E-state index in [0.29, 0.717) is 18.5 Å². The molecule has 1 aliphatic carbocycles. The Morgan fingerprint density at radius 1 is 1.64 bits per heavy atom. The lowest BCUT2D eigenvalue weighted by Crippen LogP contribution is -1.97. The molecule has 0 atom stereocenters. The fraction of sp³-hybridized carbons (Fsp3) is 0.125. The van der Waals surface area contributed by atoms with Gasteiger partial charge in [-0.05, 0) is 6.08 Å². The Hall–Kier alpha value is -1.60. The van der Waals surface area contributed by atoms with E-state index in [1.807, 2.05) is 0 Å². The second-order valence-corrected chi connectivity index (χ2v) is 1.96. The number of carbonyl (C=O) groups is 1. The molecule has 3 nitrogen and oxygen atoms in total. The van der Waals surface area contributed by atoms with E-state index in [1.165, 1.54) is 0 Å². The summed E-state index contributed by atoms with van der Waals surface area (Å²) in [5.41, 5.74) is 0.375. The summed E-state index contributed by atoms with van der Waals surface area (Å²) >= 11 is 0. The van der Waals surface area contributed by atoms with E-state index in [-0.39, 0.29) is 5.76 Å². The minimum atomic E-state index is 0.289. The Labute approximate surface area is 63.7 Å². The number of carbonyl (C=O) groups excluding carboxylic acids is 2. The van der Waals surface area contributed by atoms with E-state index in [2.05, 4.69) is 4.74 Å². The molecule has 1 aliphatic rings. The zero-order valence-corrected chi connectivity index (χ0v) is 5.74. The summed E-state index contributed by atoms with van der Waals surface area (Å²) in [7, 11) is 0. The molecule has 1 rings (SSSR count). The summed E-state index contributed by atoms with van der Waals surface area (Å²) in [5.74, 6) is 1.99. The topological polar surface area (TPSA) is 43.4 Å². The van der Waals surface area contributed by atoms with Crippen LogP contribution in [0.25, 0.3) is 0 Å². The van der Waals surface area contributed by atoms with Crippen molar-refractivity contribution >= 4 is 12.4 Å². The summed E-state index contributed by atoms with van der Waals surface area (Å²) in [5, 5.41) is 0. The highest BCUT2D eigenvalue weighted by Gasteiger charge is 2.08. The van der Waals surface area contributed by atoms with Gasteiger partial charge in [0.2, 0.25) is 0 Å². The minimum absolute atomic E-state index is 0.289. The lowest BCUT2D eigenvalue weighted by atomic mass is 10.1. The molecule has 0 N–H and O–H groups in total. The molecule has 0 aromatic rings. The largest absolute Gasteiger partial charge is 0.428 e. The van der Waals surface area contributed by atoms with Crippen LogP contribution < -0.4 is 0 Å². The number of allylic oxidation sites excluding steroid dienone is 4. The molecule has 0 aromatic carbocycles. The first-order valence-electron chi connectivity index (χ1n) is 3.10. The number of ether oxygens (including phenoxy) is 1. The third kappa shape index (κ3) is 1.66. The molecule has 0 fully saturated rings. The molecule has 0 radical (unpaired) electrons. The molecule has 0 amide bonds. The van der Waals surface area contributed by atoms with Gasteiger partial charge in [-0.2, -0.15) is 0 Å². The van der Waals surface area contributed by atoms with Crippen LogP contribution in [0.5, 0.6) is 0 Å². The minimum Gasteiger partial charge on any atom is -0.428 e. The maximum Gasteiger partial charge on any atom is 0.298 e. The van der Waals surface area contributed by atoms with E-state index in [9.17, 15) is 9.59 Å². The quantitative estimate of drug-likeness (QED) is 0.431. The lowest BCUT2D eigenvalue weighted by molar-refractivity contribution is -0.124. The SMILES string of the molecule is O=C=C1CC=CC=C1OC=O. The molecule has 0 heterocycles. The summed E-state index contributed by atoms with van der Waals surface area (Å²) in [4.78, 5) is 20.1. The number of rotatable bonds is 2. The van der Waals surface area contributed by atoms with Crippen molar-refractivity contribution < 1.29 is 14.3 Å². The molecule has 0 bridgehead atoms. The predicted octanol–water partition coefficient (Wildman–Crippen LogP) is 0.761. The van der Waals surface area contributed by atoms with Crippen molar-refractivity contribution in [3.8, 4) is 0 Å². The van der Waals surface area contributed by atoms with Crippen molar-refractivity contribution in [2.45, 2.75) is 6.42 Å². The average molecular weight is 150 g/mol. The van der Waals surface area contributed by atoms with Crippen LogP contribution in [-0.4, -0.2) is 12.4 Å². The first-order valence-corrected chi connectivity index (χ1v) is 3.10. The fourth-order valence-electron chi connectivity index (χ4n) is 0.797. The first-order chi connectivity index (χ1) is 5.38. The Balaban J connectivity index is 2.86. The predicted molar refractivity (Wildman–Crippen MR) is 38.2 cm³/mol. The van der Waals surface area contributed by atoms with Gasteiger partial charge in [0.1, 0.15) is 11.7 Å². The Bertz CT molecular complexity index is 267. The van der Waals surface area contributed by atoms with Gasteiger partial charge in [0.25, 0.3) is 6.47 Å². The molecule has 0 aromatic heterocycles. The molecule has 0 aliphatic heterocycles. The van der Waals surface area contributed by atoms with Gasteiger partial charge in [0, 0.05) is 6.42 Å². The molecule has 3 heteroatoms. The average Bonchev–Trinajstić information content (AvgIpc) is 2.06. The lowest BCUT2D eigenvalue weighted by Gasteiger charge is -2.05. The Morgan fingerprint density at radius 2 is 2.45 bits per heavy atom. The summed E-state index contributed by atoms with van der Waals surface area (Å²) < 4.78 is 4.52. The highest BCUT2D eigenvalue weighted by atomic mass is 16.5. The highest BCUT2D eigenvalue weighted by Crippen LogP contribution is 2.16. The summed E-state index contributed by atoms with van der Waals surface area (Å²) in [6.45, 7) is 0.294. The smallest absolute Gasteiger partial charge is 0.298 e. The third-order valence-electron chi connectivity index (χ3n) is 1.30. The molecule has 56 valence electrons. The van der Waals surface area contributed by atoms with E-state index in [1.54, 1.807) is 24.2 Å². The van der Waals surface area contributed by atoms with E-state index >= 15 is 0 Å². The van der Waals surface area contributed by atoms with Crippen LogP contribution in [-0.2, 0) is 14.3 Å². The Kier molecular flexibility index (Phi) is 2.42. The van der Waals surface area contributed by atoms with Crippen molar-refractivity contribution in [2.75, 3.05) is 0 Å². The van der Waals surface area contributed by atoms with E-state index in [4.69, 9.17) is 0 Å². The van der Waals surface area contributed by atoms with Crippen molar-refractivity contribution in [1.82, 2.24) is 0 Å². The van der Waals surface area contributed by atoms with Crippen LogP contribution in [0.15, 0.2) is 29.6 Å². The fourth-order valence-corrected chi connectivity index (χ4v) is 0.797. The molecule has 11 heavy (non-hydrogen) atoms. The van der Waals surface area contributed by atoms with Gasteiger partial charge in [0.05, 0.1) is 5.57 Å². The van der Waals surface area contributed by atoms with Crippen LogP contribution in [0, 0.1) is 0 Å². The Morgan fingerprint density at radius 3 is 3.09 bits per heavy atom. The monoisotopic (exact) mass is 150 g/mol. The molecular weight excluding hydrogens is 144 g/mol. The maximum absolute atomic E-state index is 10.2. The van der Waals surface area contributed by atoms with E-state index in [0.717, 1.165) is 0 Å². The highest BCUT2D eigenvalue weighted by molar-refractivity contribution is 5.63. The molecule has 0 saturated heterocycles. The van der Waals surface area contributed by atoms with Crippen molar-refractivity contribution in [2.24, 2.45) is 0 Å². The van der Waals surface area contributed by atoms with Gasteiger partial charge in [-0.15, -0.1) is 0 Å². The molecule has 0 saturated carbocycles. The molecular formula is C8H6O3. The van der Waals surface area contributed by atoms with Crippen LogP contribution in [0.3, 0.4) is 0 Å². The molecule has 0 unspecified atom stereocenters. The van der Waals surface area contributed by atoms with Crippen molar-refractivity contribution in [3.05, 3.63) is 29.6 Å². The molecule has 0 spiro atoms. The van der Waals surface area contributed by atoms with Crippen molar-refractivity contribution in [1.29, 1.82) is 0 Å². The van der Waals surface area contributed by atoms with Gasteiger partial charge in [-0.25, -0.2) is 4.79 Å². The van der Waals surface area contributed by atoms with Gasteiger partial charge in [-0.1, -0.05) is 12.2 Å². The second-order valence-electron chi connectivity index (χ2n) is 1.96. The second kappa shape index (κ2) is 3.54. The van der Waals surface area contributed by atoms with Crippen LogP contribution in [0.1, 0.15) is 6.42 Å². The van der Waals surface area contributed by atoms with Crippen LogP contribution >= 0.6 is 0 Å². The van der Waals surface area contributed by atoms with Gasteiger partial charge < -0.3 is 4.74 Å². The maximum atomic E-state index is 10.2. The van der Waals surface area contributed by atoms with Gasteiger partial charge >= 0.3 is 0 Å².